The van der Waals surface area contributed by atoms with Gasteiger partial charge in [-0.2, -0.15) is 0 Å². The first kappa shape index (κ1) is 14.8. The van der Waals surface area contributed by atoms with E-state index in [0.717, 1.165) is 38.3 Å². The molecule has 4 heteroatoms. The Morgan fingerprint density at radius 3 is 2.81 bits per heavy atom. The molecule has 2 N–H and O–H groups in total. The van der Waals surface area contributed by atoms with Gasteiger partial charge in [0, 0.05) is 37.8 Å². The Bertz CT molecular complexity index is 505. The van der Waals surface area contributed by atoms with E-state index in [1.807, 2.05) is 6.07 Å². The molecule has 0 radical (unpaired) electrons. The van der Waals surface area contributed by atoms with Crippen molar-refractivity contribution in [2.45, 2.75) is 38.4 Å². The number of rotatable bonds is 3. The maximum absolute atomic E-state index is 6.55. The Balaban J connectivity index is 1.74. The lowest BCUT2D eigenvalue weighted by Gasteiger charge is -2.43. The monoisotopic (exact) mass is 289 g/mol. The molecule has 3 atom stereocenters. The average molecular weight is 289 g/mol. The maximum atomic E-state index is 6.55. The number of methoxy groups -OCH3 is 1. The minimum absolute atomic E-state index is 0.107. The van der Waals surface area contributed by atoms with Crippen molar-refractivity contribution >= 4 is 0 Å². The highest BCUT2D eigenvalue weighted by molar-refractivity contribution is 5.42. The highest BCUT2D eigenvalue weighted by Gasteiger charge is 2.36. The van der Waals surface area contributed by atoms with Crippen molar-refractivity contribution in [1.82, 2.24) is 9.80 Å². The van der Waals surface area contributed by atoms with Crippen LogP contribution in [0.25, 0.3) is 0 Å². The third kappa shape index (κ3) is 2.68. The van der Waals surface area contributed by atoms with Crippen LogP contribution in [0.5, 0.6) is 5.75 Å². The summed E-state index contributed by atoms with van der Waals surface area (Å²) in [6.07, 6.45) is 1.07. The fraction of sp³-hybridized carbons (Fsp3) is 0.647. The SMILES string of the molecule is CCN1CCN(C2Cc3ccc(OC)cc3C2N)CC1C. The van der Waals surface area contributed by atoms with E-state index in [9.17, 15) is 0 Å². The zero-order valence-electron chi connectivity index (χ0n) is 13.4. The van der Waals surface area contributed by atoms with Crippen LogP contribution in [-0.4, -0.2) is 55.2 Å². The Kier molecular flexibility index (Phi) is 4.20. The highest BCUT2D eigenvalue weighted by Crippen LogP contribution is 2.35. The van der Waals surface area contributed by atoms with Crippen LogP contribution in [0.2, 0.25) is 0 Å². The first-order valence-corrected chi connectivity index (χ1v) is 8.04. The first-order chi connectivity index (χ1) is 10.1. The predicted molar refractivity (Wildman–Crippen MR) is 85.7 cm³/mol. The van der Waals surface area contributed by atoms with Crippen LogP contribution in [0.15, 0.2) is 18.2 Å². The van der Waals surface area contributed by atoms with Crippen LogP contribution >= 0.6 is 0 Å². The zero-order valence-corrected chi connectivity index (χ0v) is 13.4. The molecule has 21 heavy (non-hydrogen) atoms. The van der Waals surface area contributed by atoms with Crippen molar-refractivity contribution in [3.8, 4) is 5.75 Å². The second kappa shape index (κ2) is 5.95. The van der Waals surface area contributed by atoms with E-state index in [4.69, 9.17) is 10.5 Å². The number of piperazine rings is 1. The zero-order chi connectivity index (χ0) is 15.0. The Morgan fingerprint density at radius 1 is 1.33 bits per heavy atom. The molecule has 1 aromatic rings. The lowest BCUT2D eigenvalue weighted by atomic mass is 10.0. The van der Waals surface area contributed by atoms with Crippen LogP contribution in [0, 0.1) is 0 Å². The summed E-state index contributed by atoms with van der Waals surface area (Å²) in [5, 5.41) is 0. The van der Waals surface area contributed by atoms with Gasteiger partial charge in [0.1, 0.15) is 5.75 Å². The van der Waals surface area contributed by atoms with Crippen LogP contribution in [0.1, 0.15) is 31.0 Å². The molecule has 1 saturated heterocycles. The Morgan fingerprint density at radius 2 is 2.14 bits per heavy atom. The third-order valence-corrected chi connectivity index (χ3v) is 5.23. The number of likely N-dealkylation sites (N-methyl/N-ethyl adjacent to an activating group) is 1. The second-order valence-electron chi connectivity index (χ2n) is 6.33. The lowest BCUT2D eigenvalue weighted by molar-refractivity contribution is 0.0540. The first-order valence-electron chi connectivity index (χ1n) is 8.04. The quantitative estimate of drug-likeness (QED) is 0.918. The van der Waals surface area contributed by atoms with Gasteiger partial charge in [-0.15, -0.1) is 0 Å². The van der Waals surface area contributed by atoms with Crippen molar-refractivity contribution in [2.24, 2.45) is 5.73 Å². The molecule has 4 nitrogen and oxygen atoms in total. The summed E-state index contributed by atoms with van der Waals surface area (Å²) < 4.78 is 5.34. The van der Waals surface area contributed by atoms with Gasteiger partial charge in [-0.1, -0.05) is 13.0 Å². The molecule has 116 valence electrons. The van der Waals surface area contributed by atoms with Crippen molar-refractivity contribution < 1.29 is 4.74 Å². The van der Waals surface area contributed by atoms with E-state index >= 15 is 0 Å². The number of nitrogens with two attached hydrogens (primary N) is 1. The number of benzene rings is 1. The van der Waals surface area contributed by atoms with Crippen LogP contribution in [-0.2, 0) is 6.42 Å². The van der Waals surface area contributed by atoms with Gasteiger partial charge in [0.25, 0.3) is 0 Å². The molecule has 1 aliphatic carbocycles. The number of hydrogen-bond acceptors (Lipinski definition) is 4. The summed E-state index contributed by atoms with van der Waals surface area (Å²) in [6.45, 7) is 9.12. The molecule has 0 saturated carbocycles. The van der Waals surface area contributed by atoms with E-state index in [-0.39, 0.29) is 6.04 Å². The topological polar surface area (TPSA) is 41.7 Å². The molecule has 0 bridgehead atoms. The second-order valence-corrected chi connectivity index (χ2v) is 6.33. The largest absolute Gasteiger partial charge is 0.497 e. The van der Waals surface area contributed by atoms with Gasteiger partial charge in [-0.3, -0.25) is 9.80 Å². The normalized spacial score (nSPS) is 30.4. The summed E-state index contributed by atoms with van der Waals surface area (Å²) in [5.41, 5.74) is 9.20. The van der Waals surface area contributed by atoms with Crippen LogP contribution in [0.4, 0.5) is 0 Å². The minimum atomic E-state index is 0.107. The smallest absolute Gasteiger partial charge is 0.119 e. The summed E-state index contributed by atoms with van der Waals surface area (Å²) in [6, 6.07) is 7.51. The molecule has 0 spiro atoms. The van der Waals surface area contributed by atoms with Gasteiger partial charge in [0.2, 0.25) is 0 Å². The fourth-order valence-electron chi connectivity index (χ4n) is 3.91. The standard InChI is InChI=1S/C17H27N3O/c1-4-19-7-8-20(11-12(19)2)16-9-13-5-6-14(21-3)10-15(13)17(16)18/h5-6,10,12,16-17H,4,7-9,11,18H2,1-3H3. The third-order valence-electron chi connectivity index (χ3n) is 5.23. The maximum Gasteiger partial charge on any atom is 0.119 e. The van der Waals surface area contributed by atoms with Crippen LogP contribution in [0.3, 0.4) is 0 Å². The molecule has 2 aliphatic rings. The Hall–Kier alpha value is -1.10. The van der Waals surface area contributed by atoms with E-state index in [1.165, 1.54) is 11.1 Å². The van der Waals surface area contributed by atoms with E-state index in [0.29, 0.717) is 12.1 Å². The van der Waals surface area contributed by atoms with E-state index in [2.05, 4.69) is 35.8 Å². The van der Waals surface area contributed by atoms with Crippen molar-refractivity contribution in [1.29, 1.82) is 0 Å². The van der Waals surface area contributed by atoms with Gasteiger partial charge in [-0.05, 0) is 43.1 Å². The van der Waals surface area contributed by atoms with E-state index in [1.54, 1.807) is 7.11 Å². The number of hydrogen-bond donors (Lipinski definition) is 1. The summed E-state index contributed by atoms with van der Waals surface area (Å²) in [4.78, 5) is 5.14. The molecule has 1 aromatic carbocycles. The lowest BCUT2D eigenvalue weighted by Crippen LogP contribution is -2.56. The molecule has 0 aromatic heterocycles. The molecule has 0 amide bonds. The molecular formula is C17H27N3O. The van der Waals surface area contributed by atoms with Gasteiger partial charge in [0.05, 0.1) is 7.11 Å². The molecule has 1 heterocycles. The van der Waals surface area contributed by atoms with Gasteiger partial charge in [0.15, 0.2) is 0 Å². The van der Waals surface area contributed by atoms with Gasteiger partial charge < -0.3 is 10.5 Å². The molecule has 3 rings (SSSR count). The summed E-state index contributed by atoms with van der Waals surface area (Å²) in [7, 11) is 1.71. The molecular weight excluding hydrogens is 262 g/mol. The Labute approximate surface area is 127 Å². The van der Waals surface area contributed by atoms with Crippen molar-refractivity contribution in [2.75, 3.05) is 33.3 Å². The molecule has 3 unspecified atom stereocenters. The van der Waals surface area contributed by atoms with Crippen molar-refractivity contribution in [3.63, 3.8) is 0 Å². The van der Waals surface area contributed by atoms with Gasteiger partial charge in [-0.25, -0.2) is 0 Å². The number of ether oxygens (including phenoxy) is 1. The average Bonchev–Trinajstić information content (AvgIpc) is 2.83. The van der Waals surface area contributed by atoms with E-state index < -0.39 is 0 Å². The van der Waals surface area contributed by atoms with Crippen molar-refractivity contribution in [3.05, 3.63) is 29.3 Å². The summed E-state index contributed by atoms with van der Waals surface area (Å²) >= 11 is 0. The number of fused-ring (bicyclic) bond motifs is 1. The highest BCUT2D eigenvalue weighted by atomic mass is 16.5. The van der Waals surface area contributed by atoms with Crippen LogP contribution < -0.4 is 10.5 Å². The number of nitrogens with zero attached hydrogens (tertiary/aromatic N) is 2. The molecule has 1 aliphatic heterocycles. The minimum Gasteiger partial charge on any atom is -0.497 e. The predicted octanol–water partition coefficient (Wildman–Crippen LogP) is 1.65. The molecule has 1 fully saturated rings. The van der Waals surface area contributed by atoms with Gasteiger partial charge >= 0.3 is 0 Å². The fourth-order valence-corrected chi connectivity index (χ4v) is 3.91. The summed E-state index contributed by atoms with van der Waals surface area (Å²) in [5.74, 6) is 0.911.